The highest BCUT2D eigenvalue weighted by atomic mass is 32.1. The van der Waals surface area contributed by atoms with E-state index in [2.05, 4.69) is 9.97 Å². The Morgan fingerprint density at radius 2 is 2.50 bits per heavy atom. The summed E-state index contributed by atoms with van der Waals surface area (Å²) < 4.78 is 0.878. The second-order valence-corrected chi connectivity index (χ2v) is 3.46. The van der Waals surface area contributed by atoms with Gasteiger partial charge >= 0.3 is 0 Å². The zero-order valence-electron chi connectivity index (χ0n) is 6.89. The van der Waals surface area contributed by atoms with Crippen molar-refractivity contribution in [3.8, 4) is 6.19 Å². The normalized spacial score (nSPS) is 9.64. The maximum absolute atomic E-state index is 11.2. The van der Waals surface area contributed by atoms with Crippen LogP contribution in [0, 0.1) is 11.5 Å². The van der Waals surface area contributed by atoms with Gasteiger partial charge in [0.2, 0.25) is 0 Å². The molecule has 6 heteroatoms. The molecule has 0 radical (unpaired) electrons. The summed E-state index contributed by atoms with van der Waals surface area (Å²) in [6.45, 7) is 0. The lowest BCUT2D eigenvalue weighted by molar-refractivity contribution is 0.0972. The van der Waals surface area contributed by atoms with E-state index in [1.807, 2.05) is 5.32 Å². The van der Waals surface area contributed by atoms with Gasteiger partial charge in [0.15, 0.2) is 11.2 Å². The van der Waals surface area contributed by atoms with Gasteiger partial charge in [-0.15, -0.1) is 11.3 Å². The molecule has 1 N–H and O–H groups in total. The van der Waals surface area contributed by atoms with Crippen molar-refractivity contribution in [3.05, 3.63) is 23.5 Å². The summed E-state index contributed by atoms with van der Waals surface area (Å²) >= 11 is 1.23. The van der Waals surface area contributed by atoms with Crippen LogP contribution >= 0.6 is 11.3 Å². The topological polar surface area (TPSA) is 78.7 Å². The van der Waals surface area contributed by atoms with Crippen molar-refractivity contribution in [3.63, 3.8) is 0 Å². The smallest absolute Gasteiger partial charge is 0.265 e. The van der Waals surface area contributed by atoms with Crippen LogP contribution in [0.2, 0.25) is 0 Å². The van der Waals surface area contributed by atoms with E-state index in [1.54, 1.807) is 24.7 Å². The van der Waals surface area contributed by atoms with Crippen LogP contribution in [0.4, 0.5) is 0 Å². The SMILES string of the molecule is N#CNC(=O)c1nc2cnccc2s1. The number of nitriles is 1. The van der Waals surface area contributed by atoms with Gasteiger partial charge in [0, 0.05) is 6.20 Å². The number of pyridine rings is 1. The molecular formula is C8H4N4OS. The number of hydrogen-bond acceptors (Lipinski definition) is 5. The second-order valence-electron chi connectivity index (χ2n) is 2.43. The Morgan fingerprint density at radius 3 is 3.21 bits per heavy atom. The molecule has 2 rings (SSSR count). The molecule has 2 aromatic heterocycles. The third-order valence-corrected chi connectivity index (χ3v) is 2.59. The summed E-state index contributed by atoms with van der Waals surface area (Å²) in [7, 11) is 0. The summed E-state index contributed by atoms with van der Waals surface area (Å²) in [5, 5.41) is 10.5. The molecule has 0 aliphatic carbocycles. The van der Waals surface area contributed by atoms with Crippen molar-refractivity contribution in [2.45, 2.75) is 0 Å². The fraction of sp³-hybridized carbons (Fsp3) is 0. The molecule has 0 unspecified atom stereocenters. The van der Waals surface area contributed by atoms with Gasteiger partial charge in [-0.25, -0.2) is 4.98 Å². The number of hydrogen-bond donors (Lipinski definition) is 1. The van der Waals surface area contributed by atoms with E-state index >= 15 is 0 Å². The van der Waals surface area contributed by atoms with Gasteiger partial charge in [-0.1, -0.05) is 0 Å². The van der Waals surface area contributed by atoms with Gasteiger partial charge in [0.25, 0.3) is 5.91 Å². The molecule has 0 spiro atoms. The summed E-state index contributed by atoms with van der Waals surface area (Å²) in [5.74, 6) is -0.478. The molecule has 0 fully saturated rings. The lowest BCUT2D eigenvalue weighted by Crippen LogP contribution is -2.16. The molecule has 14 heavy (non-hydrogen) atoms. The molecule has 0 aliphatic rings. The van der Waals surface area contributed by atoms with Crippen LogP contribution < -0.4 is 5.32 Å². The Labute approximate surface area is 83.0 Å². The highest BCUT2D eigenvalue weighted by molar-refractivity contribution is 7.20. The van der Waals surface area contributed by atoms with Gasteiger partial charge in [-0.05, 0) is 6.07 Å². The van der Waals surface area contributed by atoms with Crippen LogP contribution in [0.3, 0.4) is 0 Å². The first-order chi connectivity index (χ1) is 6.81. The summed E-state index contributed by atoms with van der Waals surface area (Å²) in [6, 6.07) is 1.77. The Balaban J connectivity index is 2.46. The van der Waals surface area contributed by atoms with Crippen LogP contribution in [0.25, 0.3) is 10.2 Å². The molecule has 0 saturated carbocycles. The number of aromatic nitrogens is 2. The molecule has 1 amide bonds. The number of carbonyl (C=O) groups is 1. The average molecular weight is 204 g/mol. The first-order valence-corrected chi connectivity index (χ1v) is 4.53. The minimum absolute atomic E-state index is 0.273. The maximum atomic E-state index is 11.2. The highest BCUT2D eigenvalue weighted by Gasteiger charge is 2.10. The van der Waals surface area contributed by atoms with Crippen LogP contribution in [0.15, 0.2) is 18.5 Å². The number of fused-ring (bicyclic) bond motifs is 1. The van der Waals surface area contributed by atoms with E-state index in [9.17, 15) is 4.79 Å². The van der Waals surface area contributed by atoms with E-state index in [4.69, 9.17) is 5.26 Å². The molecule has 0 aromatic carbocycles. The van der Waals surface area contributed by atoms with Gasteiger partial charge in [-0.3, -0.25) is 15.1 Å². The Morgan fingerprint density at radius 1 is 1.64 bits per heavy atom. The van der Waals surface area contributed by atoms with Crippen LogP contribution in [-0.4, -0.2) is 15.9 Å². The molecule has 68 valence electrons. The van der Waals surface area contributed by atoms with Crippen molar-refractivity contribution in [2.24, 2.45) is 0 Å². The predicted octanol–water partition coefficient (Wildman–Crippen LogP) is 0.902. The fourth-order valence-electron chi connectivity index (χ4n) is 0.981. The molecule has 2 heterocycles. The first kappa shape index (κ1) is 8.59. The van der Waals surface area contributed by atoms with Crippen molar-refractivity contribution < 1.29 is 4.79 Å². The zero-order valence-corrected chi connectivity index (χ0v) is 7.71. The summed E-state index contributed by atoms with van der Waals surface area (Å²) in [6.07, 6.45) is 4.77. The monoisotopic (exact) mass is 204 g/mol. The van der Waals surface area contributed by atoms with E-state index in [1.165, 1.54) is 11.3 Å². The Bertz CT molecular complexity index is 494. The number of rotatable bonds is 1. The molecule has 2 aromatic rings. The molecule has 0 bridgehead atoms. The molecule has 0 aliphatic heterocycles. The third kappa shape index (κ3) is 1.41. The summed E-state index contributed by atoms with van der Waals surface area (Å²) in [4.78, 5) is 19.1. The standard InChI is InChI=1S/C8H4N4OS/c9-4-11-7(13)8-12-5-3-10-2-1-6(5)14-8/h1-3H,(H,11,13). The fourth-order valence-corrected chi connectivity index (χ4v) is 1.81. The molecule has 0 atom stereocenters. The summed E-state index contributed by atoms with van der Waals surface area (Å²) in [5.41, 5.74) is 0.667. The number of nitrogens with zero attached hydrogens (tertiary/aromatic N) is 3. The molecular weight excluding hydrogens is 200 g/mol. The van der Waals surface area contributed by atoms with Gasteiger partial charge in [-0.2, -0.15) is 5.26 Å². The minimum atomic E-state index is -0.478. The Hall–Kier alpha value is -2.00. The maximum Gasteiger partial charge on any atom is 0.293 e. The lowest BCUT2D eigenvalue weighted by Gasteiger charge is -1.86. The van der Waals surface area contributed by atoms with Gasteiger partial charge < -0.3 is 0 Å². The number of nitrogens with one attached hydrogen (secondary N) is 1. The predicted molar refractivity (Wildman–Crippen MR) is 50.5 cm³/mol. The van der Waals surface area contributed by atoms with Crippen LogP contribution in [-0.2, 0) is 0 Å². The quantitative estimate of drug-likeness (QED) is 0.553. The zero-order chi connectivity index (χ0) is 9.97. The largest absolute Gasteiger partial charge is 0.293 e. The molecule has 0 saturated heterocycles. The van der Waals surface area contributed by atoms with Crippen molar-refractivity contribution >= 4 is 27.5 Å². The highest BCUT2D eigenvalue weighted by Crippen LogP contribution is 2.20. The van der Waals surface area contributed by atoms with E-state index in [0.717, 1.165) is 4.70 Å². The average Bonchev–Trinajstić information content (AvgIpc) is 2.61. The van der Waals surface area contributed by atoms with Gasteiger partial charge in [0.05, 0.1) is 10.9 Å². The Kier molecular flexibility index (Phi) is 2.08. The first-order valence-electron chi connectivity index (χ1n) is 3.71. The van der Waals surface area contributed by atoms with E-state index in [-0.39, 0.29) is 5.01 Å². The lowest BCUT2D eigenvalue weighted by atomic mass is 10.4. The van der Waals surface area contributed by atoms with Crippen LogP contribution in [0.5, 0.6) is 0 Å². The van der Waals surface area contributed by atoms with E-state index in [0.29, 0.717) is 5.52 Å². The van der Waals surface area contributed by atoms with Crippen molar-refractivity contribution in [2.75, 3.05) is 0 Å². The second kappa shape index (κ2) is 3.40. The number of carbonyl (C=O) groups excluding carboxylic acids is 1. The van der Waals surface area contributed by atoms with Crippen molar-refractivity contribution in [1.29, 1.82) is 5.26 Å². The minimum Gasteiger partial charge on any atom is -0.265 e. The number of thiazole rings is 1. The van der Waals surface area contributed by atoms with E-state index < -0.39 is 5.91 Å². The number of amides is 1. The van der Waals surface area contributed by atoms with Gasteiger partial charge in [0.1, 0.15) is 5.52 Å². The van der Waals surface area contributed by atoms with Crippen LogP contribution in [0.1, 0.15) is 9.80 Å². The van der Waals surface area contributed by atoms with Crippen molar-refractivity contribution in [1.82, 2.24) is 15.3 Å². The molecule has 5 nitrogen and oxygen atoms in total. The third-order valence-electron chi connectivity index (χ3n) is 1.55.